The van der Waals surface area contributed by atoms with Gasteiger partial charge in [0.15, 0.2) is 0 Å². The molecule has 1 unspecified atom stereocenters. The van der Waals surface area contributed by atoms with E-state index in [4.69, 9.17) is 4.52 Å². The van der Waals surface area contributed by atoms with Gasteiger partial charge in [0.2, 0.25) is 5.88 Å². The van der Waals surface area contributed by atoms with Gasteiger partial charge in [0.05, 0.1) is 5.69 Å². The zero-order valence-electron chi connectivity index (χ0n) is 11.2. The van der Waals surface area contributed by atoms with Gasteiger partial charge in [-0.25, -0.2) is 4.39 Å². The predicted molar refractivity (Wildman–Crippen MR) is 72.0 cm³/mol. The van der Waals surface area contributed by atoms with Crippen molar-refractivity contribution in [2.75, 3.05) is 19.0 Å². The van der Waals surface area contributed by atoms with Gasteiger partial charge in [0.1, 0.15) is 5.82 Å². The third-order valence-electron chi connectivity index (χ3n) is 3.76. The van der Waals surface area contributed by atoms with Gasteiger partial charge in [0, 0.05) is 19.7 Å². The Labute approximate surface area is 112 Å². The molecule has 1 atom stereocenters. The molecule has 4 heteroatoms. The highest BCUT2D eigenvalue weighted by Crippen LogP contribution is 2.36. The number of hydrogen-bond acceptors (Lipinski definition) is 3. The van der Waals surface area contributed by atoms with E-state index in [9.17, 15) is 4.39 Å². The largest absolute Gasteiger partial charge is 0.347 e. The highest BCUT2D eigenvalue weighted by molar-refractivity contribution is 5.47. The van der Waals surface area contributed by atoms with Gasteiger partial charge in [-0.05, 0) is 42.9 Å². The Kier molecular flexibility index (Phi) is 3.01. The van der Waals surface area contributed by atoms with E-state index in [1.165, 1.54) is 11.6 Å². The molecule has 0 spiro atoms. The van der Waals surface area contributed by atoms with Crippen molar-refractivity contribution in [2.45, 2.75) is 25.2 Å². The summed E-state index contributed by atoms with van der Waals surface area (Å²) >= 11 is 0. The van der Waals surface area contributed by atoms with Crippen molar-refractivity contribution >= 4 is 5.88 Å². The van der Waals surface area contributed by atoms with E-state index in [0.29, 0.717) is 5.92 Å². The van der Waals surface area contributed by atoms with Gasteiger partial charge in [0.25, 0.3) is 0 Å². The van der Waals surface area contributed by atoms with Crippen molar-refractivity contribution in [3.8, 4) is 0 Å². The second-order valence-electron chi connectivity index (χ2n) is 5.30. The number of aromatic nitrogens is 1. The van der Waals surface area contributed by atoms with Crippen LogP contribution in [0.1, 0.15) is 29.2 Å². The molecule has 0 bridgehead atoms. The van der Waals surface area contributed by atoms with Crippen LogP contribution in [0, 0.1) is 5.82 Å². The van der Waals surface area contributed by atoms with Crippen LogP contribution in [0.3, 0.4) is 0 Å². The summed E-state index contributed by atoms with van der Waals surface area (Å²) in [6.45, 7) is 0. The smallest absolute Gasteiger partial charge is 0.230 e. The average Bonchev–Trinajstić information content (AvgIpc) is 2.81. The summed E-state index contributed by atoms with van der Waals surface area (Å²) in [5, 5.41) is 4.13. The zero-order valence-corrected chi connectivity index (χ0v) is 11.2. The summed E-state index contributed by atoms with van der Waals surface area (Å²) in [6.07, 6.45) is 2.76. The first-order valence-corrected chi connectivity index (χ1v) is 6.55. The minimum atomic E-state index is -0.165. The fourth-order valence-electron chi connectivity index (χ4n) is 2.79. The summed E-state index contributed by atoms with van der Waals surface area (Å²) in [5.74, 6) is 1.01. The standard InChI is InChI=1S/C15H17FN2O/c1-18(2)15-13-9-11(6-7-14(13)17-19-15)10-4-3-5-12(16)8-10/h3-5,8,11H,6-7,9H2,1-2H3. The molecule has 1 aliphatic carbocycles. The lowest BCUT2D eigenvalue weighted by atomic mass is 9.82. The van der Waals surface area contributed by atoms with Crippen LogP contribution in [-0.2, 0) is 12.8 Å². The molecule has 0 saturated carbocycles. The number of fused-ring (bicyclic) bond motifs is 1. The third kappa shape index (κ3) is 2.23. The Morgan fingerprint density at radius 1 is 1.37 bits per heavy atom. The summed E-state index contributed by atoms with van der Waals surface area (Å²) < 4.78 is 18.7. The van der Waals surface area contributed by atoms with Gasteiger partial charge in [-0.15, -0.1) is 0 Å². The lowest BCUT2D eigenvalue weighted by Gasteiger charge is -2.22. The van der Waals surface area contributed by atoms with Crippen LogP contribution < -0.4 is 4.90 Å². The lowest BCUT2D eigenvalue weighted by molar-refractivity contribution is 0.415. The van der Waals surface area contributed by atoms with Crippen molar-refractivity contribution < 1.29 is 8.91 Å². The summed E-state index contributed by atoms with van der Waals surface area (Å²) in [4.78, 5) is 1.94. The molecule has 0 N–H and O–H groups in total. The van der Waals surface area contributed by atoms with Crippen molar-refractivity contribution in [3.63, 3.8) is 0 Å². The van der Waals surface area contributed by atoms with Crippen molar-refractivity contribution in [1.82, 2.24) is 5.16 Å². The first-order valence-electron chi connectivity index (χ1n) is 6.55. The van der Waals surface area contributed by atoms with Gasteiger partial charge in [-0.3, -0.25) is 0 Å². The van der Waals surface area contributed by atoms with Crippen LogP contribution in [0.5, 0.6) is 0 Å². The van der Waals surface area contributed by atoms with Gasteiger partial charge >= 0.3 is 0 Å². The number of anilines is 1. The van der Waals surface area contributed by atoms with Crippen LogP contribution in [0.4, 0.5) is 10.3 Å². The molecule has 1 heterocycles. The van der Waals surface area contributed by atoms with Gasteiger partial charge in [-0.2, -0.15) is 0 Å². The zero-order chi connectivity index (χ0) is 13.4. The fourth-order valence-corrected chi connectivity index (χ4v) is 2.79. The highest BCUT2D eigenvalue weighted by Gasteiger charge is 2.27. The number of halogens is 1. The maximum Gasteiger partial charge on any atom is 0.230 e. The molecule has 0 fully saturated rings. The van der Waals surface area contributed by atoms with E-state index in [-0.39, 0.29) is 5.82 Å². The number of rotatable bonds is 2. The monoisotopic (exact) mass is 260 g/mol. The number of nitrogens with zero attached hydrogens (tertiary/aromatic N) is 2. The Bertz CT molecular complexity index is 592. The minimum absolute atomic E-state index is 0.165. The van der Waals surface area contributed by atoms with Crippen molar-refractivity contribution in [1.29, 1.82) is 0 Å². The van der Waals surface area contributed by atoms with Crippen LogP contribution >= 0.6 is 0 Å². The lowest BCUT2D eigenvalue weighted by Crippen LogP contribution is -2.16. The maximum absolute atomic E-state index is 13.3. The number of hydrogen-bond donors (Lipinski definition) is 0. The van der Waals surface area contributed by atoms with Crippen LogP contribution in [-0.4, -0.2) is 19.3 Å². The van der Waals surface area contributed by atoms with E-state index in [0.717, 1.165) is 36.4 Å². The quantitative estimate of drug-likeness (QED) is 0.830. The summed E-state index contributed by atoms with van der Waals surface area (Å²) in [6, 6.07) is 6.91. The molecule has 1 aliphatic rings. The maximum atomic E-state index is 13.3. The molecule has 0 radical (unpaired) electrons. The molecule has 2 aromatic rings. The predicted octanol–water partition coefficient (Wildman–Crippen LogP) is 3.15. The Morgan fingerprint density at radius 2 is 2.21 bits per heavy atom. The van der Waals surface area contributed by atoms with Gasteiger partial charge < -0.3 is 9.42 Å². The summed E-state index contributed by atoms with van der Waals surface area (Å²) in [5.41, 5.74) is 3.29. The molecule has 19 heavy (non-hydrogen) atoms. The number of benzene rings is 1. The molecule has 3 nitrogen and oxygen atoms in total. The van der Waals surface area contributed by atoms with Gasteiger partial charge in [-0.1, -0.05) is 17.3 Å². The topological polar surface area (TPSA) is 29.3 Å². The number of aryl methyl sites for hydroxylation is 1. The molecule has 3 rings (SSSR count). The van der Waals surface area contributed by atoms with Crippen LogP contribution in [0.25, 0.3) is 0 Å². The Hall–Kier alpha value is -1.84. The van der Waals surface area contributed by atoms with E-state index < -0.39 is 0 Å². The second-order valence-corrected chi connectivity index (χ2v) is 5.30. The molecule has 1 aromatic heterocycles. The highest BCUT2D eigenvalue weighted by atomic mass is 19.1. The molecular formula is C15H17FN2O. The molecule has 0 amide bonds. The molecule has 100 valence electrons. The molecule has 0 aliphatic heterocycles. The van der Waals surface area contributed by atoms with E-state index in [1.54, 1.807) is 12.1 Å². The molecule has 1 aromatic carbocycles. The normalized spacial score (nSPS) is 18.2. The Morgan fingerprint density at radius 3 is 2.95 bits per heavy atom. The molecule has 0 saturated heterocycles. The van der Waals surface area contributed by atoms with Crippen molar-refractivity contribution in [2.24, 2.45) is 0 Å². The van der Waals surface area contributed by atoms with Crippen molar-refractivity contribution in [3.05, 3.63) is 46.9 Å². The van der Waals surface area contributed by atoms with Crippen LogP contribution in [0.2, 0.25) is 0 Å². The first kappa shape index (κ1) is 12.2. The van der Waals surface area contributed by atoms with E-state index in [2.05, 4.69) is 5.16 Å². The van der Waals surface area contributed by atoms with E-state index >= 15 is 0 Å². The SMILES string of the molecule is CN(C)c1onc2c1CC(c1cccc(F)c1)CC2. The molecular weight excluding hydrogens is 243 g/mol. The average molecular weight is 260 g/mol. The first-order chi connectivity index (χ1) is 9.15. The second kappa shape index (κ2) is 4.68. The minimum Gasteiger partial charge on any atom is -0.347 e. The Balaban J connectivity index is 1.91. The fraction of sp³-hybridized carbons (Fsp3) is 0.400. The third-order valence-corrected chi connectivity index (χ3v) is 3.76. The van der Waals surface area contributed by atoms with E-state index in [1.807, 2.05) is 25.1 Å². The van der Waals surface area contributed by atoms with Crippen LogP contribution in [0.15, 0.2) is 28.8 Å². The summed E-state index contributed by atoms with van der Waals surface area (Å²) in [7, 11) is 3.90.